The first-order valence-corrected chi connectivity index (χ1v) is 9.86. The van der Waals surface area contributed by atoms with Crippen LogP contribution in [0.5, 0.6) is 11.5 Å². The smallest absolute Gasteiger partial charge is 0.217 e. The van der Waals surface area contributed by atoms with E-state index in [-0.39, 0.29) is 11.5 Å². The number of fused-ring (bicyclic) bond motifs is 3. The molecule has 28 heavy (non-hydrogen) atoms. The molecule has 1 N–H and O–H groups in total. The van der Waals surface area contributed by atoms with Gasteiger partial charge in [-0.2, -0.15) is 0 Å². The highest BCUT2D eigenvalue weighted by Gasteiger charge is 2.82. The topological polar surface area (TPSA) is 69.6 Å². The molecule has 0 amide bonds. The van der Waals surface area contributed by atoms with Crippen LogP contribution in [0, 0.1) is 0 Å². The molecule has 2 bridgehead atoms. The maximum Gasteiger partial charge on any atom is 0.217 e. The minimum absolute atomic E-state index is 0.161. The van der Waals surface area contributed by atoms with E-state index in [1.54, 1.807) is 28.4 Å². The highest BCUT2D eigenvalue weighted by atomic mass is 16.7. The van der Waals surface area contributed by atoms with Crippen molar-refractivity contribution in [3.63, 3.8) is 0 Å². The van der Waals surface area contributed by atoms with E-state index in [0.717, 1.165) is 36.3 Å². The van der Waals surface area contributed by atoms with Crippen molar-refractivity contribution < 1.29 is 28.8 Å². The SMILES string of the molecule is COc1ccc2c(c1OC)C13CCN(C)C14CC2OC4(OC)C(OC)C(O)C3. The molecule has 0 aromatic heterocycles. The summed E-state index contributed by atoms with van der Waals surface area (Å²) in [6.45, 7) is 0.879. The normalized spacial score (nSPS) is 43.6. The summed E-state index contributed by atoms with van der Waals surface area (Å²) in [4.78, 5) is 2.36. The number of hydrogen-bond acceptors (Lipinski definition) is 7. The predicted molar refractivity (Wildman–Crippen MR) is 101 cm³/mol. The Labute approximate surface area is 165 Å². The third-order valence-corrected chi connectivity index (χ3v) is 7.93. The lowest BCUT2D eigenvalue weighted by molar-refractivity contribution is -0.339. The van der Waals surface area contributed by atoms with Crippen LogP contribution in [0.15, 0.2) is 12.1 Å². The number of methoxy groups -OCH3 is 4. The van der Waals surface area contributed by atoms with Crippen molar-refractivity contribution >= 4 is 0 Å². The molecule has 5 rings (SSSR count). The number of rotatable bonds is 4. The van der Waals surface area contributed by atoms with Gasteiger partial charge < -0.3 is 28.8 Å². The minimum Gasteiger partial charge on any atom is -0.493 e. The summed E-state index contributed by atoms with van der Waals surface area (Å²) in [5.41, 5.74) is 1.37. The van der Waals surface area contributed by atoms with Crippen LogP contribution in [0.4, 0.5) is 0 Å². The van der Waals surface area contributed by atoms with E-state index in [2.05, 4.69) is 18.0 Å². The van der Waals surface area contributed by atoms with Gasteiger partial charge in [0.15, 0.2) is 11.5 Å². The fourth-order valence-electron chi connectivity index (χ4n) is 7.08. The van der Waals surface area contributed by atoms with Crippen molar-refractivity contribution in [2.75, 3.05) is 42.0 Å². The van der Waals surface area contributed by atoms with E-state index in [1.165, 1.54) is 0 Å². The molecule has 0 radical (unpaired) electrons. The van der Waals surface area contributed by atoms with Crippen molar-refractivity contribution in [3.8, 4) is 11.5 Å². The fraction of sp³-hybridized carbons (Fsp3) is 0.714. The van der Waals surface area contributed by atoms with Gasteiger partial charge in [0.25, 0.3) is 0 Å². The fourth-order valence-corrected chi connectivity index (χ4v) is 7.08. The van der Waals surface area contributed by atoms with E-state index in [1.807, 2.05) is 6.07 Å². The molecule has 2 aliphatic heterocycles. The third kappa shape index (κ3) is 1.71. The molecule has 1 aromatic carbocycles. The van der Waals surface area contributed by atoms with Crippen LogP contribution >= 0.6 is 0 Å². The highest BCUT2D eigenvalue weighted by Crippen LogP contribution is 2.73. The summed E-state index contributed by atoms with van der Waals surface area (Å²) < 4.78 is 30.2. The summed E-state index contributed by atoms with van der Waals surface area (Å²) in [7, 11) is 8.75. The molecular formula is C21H29NO6. The van der Waals surface area contributed by atoms with Gasteiger partial charge >= 0.3 is 0 Å². The number of ether oxygens (including phenoxy) is 5. The first-order valence-electron chi connectivity index (χ1n) is 9.86. The predicted octanol–water partition coefficient (Wildman–Crippen LogP) is 1.61. The Balaban J connectivity index is 1.88. The third-order valence-electron chi connectivity index (χ3n) is 7.93. The Morgan fingerprint density at radius 2 is 1.93 bits per heavy atom. The highest BCUT2D eigenvalue weighted by molar-refractivity contribution is 5.61. The van der Waals surface area contributed by atoms with Gasteiger partial charge in [0.05, 0.1) is 32.0 Å². The van der Waals surface area contributed by atoms with Crippen LogP contribution in [0.25, 0.3) is 0 Å². The summed E-state index contributed by atoms with van der Waals surface area (Å²) in [5.74, 6) is 0.378. The number of nitrogens with zero attached hydrogens (tertiary/aromatic N) is 1. The lowest BCUT2D eigenvalue weighted by Gasteiger charge is -2.61. The Morgan fingerprint density at radius 3 is 2.57 bits per heavy atom. The Hall–Kier alpha value is -1.38. The van der Waals surface area contributed by atoms with Gasteiger partial charge in [-0.05, 0) is 38.1 Å². The molecule has 2 heterocycles. The lowest BCUT2D eigenvalue weighted by atomic mass is 9.50. The monoisotopic (exact) mass is 391 g/mol. The average Bonchev–Trinajstić information content (AvgIpc) is 3.20. The van der Waals surface area contributed by atoms with Gasteiger partial charge in [0.1, 0.15) is 6.10 Å². The molecule has 154 valence electrons. The van der Waals surface area contributed by atoms with E-state index < -0.39 is 23.5 Å². The van der Waals surface area contributed by atoms with Crippen LogP contribution in [0.1, 0.15) is 36.5 Å². The number of aliphatic hydroxyl groups is 1. The standard InChI is InChI=1S/C21H29NO6/c1-22-9-8-19-10-13(23)18(26-4)21(27-5)20(19,22)11-15(28-21)12-6-7-14(24-2)17(25-3)16(12)19/h6-7,13,15,18,23H,8-11H2,1-5H3. The number of hydrogen-bond donors (Lipinski definition) is 1. The summed E-state index contributed by atoms with van der Waals surface area (Å²) in [5, 5.41) is 11.2. The molecule has 6 unspecified atom stereocenters. The van der Waals surface area contributed by atoms with E-state index in [9.17, 15) is 5.11 Å². The molecule has 7 heteroatoms. The van der Waals surface area contributed by atoms with Crippen molar-refractivity contribution in [1.29, 1.82) is 0 Å². The molecule has 1 aromatic rings. The second-order valence-electron chi connectivity index (χ2n) is 8.49. The molecular weight excluding hydrogens is 362 g/mol. The lowest BCUT2D eigenvalue weighted by Crippen LogP contribution is -2.77. The molecule has 1 spiro atoms. The quantitative estimate of drug-likeness (QED) is 0.836. The first kappa shape index (κ1) is 18.6. The Morgan fingerprint density at radius 1 is 1.14 bits per heavy atom. The van der Waals surface area contributed by atoms with Crippen molar-refractivity contribution in [3.05, 3.63) is 23.3 Å². The number of aliphatic hydroxyl groups excluding tert-OH is 1. The Bertz CT molecular complexity index is 816. The number of likely N-dealkylation sites (tertiary alicyclic amines) is 1. The largest absolute Gasteiger partial charge is 0.493 e. The van der Waals surface area contributed by atoms with Crippen molar-refractivity contribution in [1.82, 2.24) is 4.90 Å². The number of benzene rings is 1. The molecule has 6 atom stereocenters. The van der Waals surface area contributed by atoms with Gasteiger partial charge in [-0.3, -0.25) is 4.90 Å². The Kier molecular flexibility index (Phi) is 3.88. The van der Waals surface area contributed by atoms with Crippen molar-refractivity contribution in [2.24, 2.45) is 0 Å². The molecule has 2 aliphatic carbocycles. The maximum atomic E-state index is 11.2. The van der Waals surface area contributed by atoms with Crippen LogP contribution in [0.2, 0.25) is 0 Å². The molecule has 2 saturated heterocycles. The summed E-state index contributed by atoms with van der Waals surface area (Å²) >= 11 is 0. The minimum atomic E-state index is -1.06. The van der Waals surface area contributed by atoms with Crippen LogP contribution in [-0.2, 0) is 19.6 Å². The van der Waals surface area contributed by atoms with E-state index in [4.69, 9.17) is 23.7 Å². The number of likely N-dealkylation sites (N-methyl/N-ethyl adjacent to an activating group) is 1. The van der Waals surface area contributed by atoms with Crippen molar-refractivity contribution in [2.45, 2.75) is 54.3 Å². The first-order chi connectivity index (χ1) is 13.5. The van der Waals surface area contributed by atoms with Gasteiger partial charge in [-0.25, -0.2) is 0 Å². The summed E-state index contributed by atoms with van der Waals surface area (Å²) in [6.07, 6.45) is 0.796. The molecule has 1 saturated carbocycles. The molecule has 3 fully saturated rings. The van der Waals surface area contributed by atoms with Crippen LogP contribution in [0.3, 0.4) is 0 Å². The molecule has 7 nitrogen and oxygen atoms in total. The maximum absolute atomic E-state index is 11.2. The zero-order valence-corrected chi connectivity index (χ0v) is 17.2. The van der Waals surface area contributed by atoms with Crippen LogP contribution < -0.4 is 9.47 Å². The average molecular weight is 391 g/mol. The van der Waals surface area contributed by atoms with Gasteiger partial charge in [0.2, 0.25) is 5.79 Å². The van der Waals surface area contributed by atoms with Gasteiger partial charge in [0, 0.05) is 31.6 Å². The molecule has 4 aliphatic rings. The zero-order valence-electron chi connectivity index (χ0n) is 17.2. The zero-order chi connectivity index (χ0) is 19.9. The van der Waals surface area contributed by atoms with Crippen LogP contribution in [-0.4, -0.2) is 75.6 Å². The van der Waals surface area contributed by atoms with E-state index in [0.29, 0.717) is 12.2 Å². The second kappa shape index (κ2) is 5.83. The second-order valence-corrected chi connectivity index (χ2v) is 8.49. The van der Waals surface area contributed by atoms with Gasteiger partial charge in [-0.1, -0.05) is 6.07 Å². The van der Waals surface area contributed by atoms with Gasteiger partial charge in [-0.15, -0.1) is 0 Å². The van der Waals surface area contributed by atoms with E-state index >= 15 is 0 Å². The summed E-state index contributed by atoms with van der Waals surface area (Å²) in [6, 6.07) is 4.02.